The van der Waals surface area contributed by atoms with Gasteiger partial charge in [0, 0.05) is 5.56 Å². The number of halogens is 3. The Morgan fingerprint density at radius 2 is 1.97 bits per heavy atom. The summed E-state index contributed by atoms with van der Waals surface area (Å²) >= 11 is 0. The second-order valence-corrected chi connectivity index (χ2v) is 6.20. The van der Waals surface area contributed by atoms with E-state index in [-0.39, 0.29) is 12.6 Å². The lowest BCUT2D eigenvalue weighted by molar-refractivity contribution is -0.137. The zero-order valence-corrected chi connectivity index (χ0v) is 15.8. The van der Waals surface area contributed by atoms with E-state index in [0.717, 1.165) is 12.1 Å². The minimum absolute atomic E-state index is 0.0720. The highest BCUT2D eigenvalue weighted by Crippen LogP contribution is 2.32. The number of aromatic nitrogens is 2. The van der Waals surface area contributed by atoms with Gasteiger partial charge in [-0.15, -0.1) is 0 Å². The number of para-hydroxylation sites is 1. The summed E-state index contributed by atoms with van der Waals surface area (Å²) in [5.41, 5.74) is 6.71. The van der Waals surface area contributed by atoms with Crippen LogP contribution in [-0.4, -0.2) is 23.0 Å². The molecule has 0 unspecified atom stereocenters. The molecular formula is C20H19F3N4O2. The van der Waals surface area contributed by atoms with Crippen molar-refractivity contribution in [2.45, 2.75) is 19.7 Å². The molecule has 0 saturated heterocycles. The number of hydrogen-bond donors (Lipinski definition) is 1. The number of aryl methyl sites for hydroxylation is 1. The number of nitrogens with two attached hydrogens (primary N) is 1. The van der Waals surface area contributed by atoms with Crippen LogP contribution in [0.3, 0.4) is 0 Å². The average Bonchev–Trinajstić information content (AvgIpc) is 3.01. The van der Waals surface area contributed by atoms with Gasteiger partial charge in [-0.2, -0.15) is 18.3 Å². The van der Waals surface area contributed by atoms with Crippen molar-refractivity contribution in [3.63, 3.8) is 0 Å². The van der Waals surface area contributed by atoms with Crippen molar-refractivity contribution in [1.29, 1.82) is 0 Å². The summed E-state index contributed by atoms with van der Waals surface area (Å²) in [6.45, 7) is 1.72. The van der Waals surface area contributed by atoms with Crippen molar-refractivity contribution in [3.05, 3.63) is 71.0 Å². The van der Waals surface area contributed by atoms with E-state index in [9.17, 15) is 13.2 Å². The molecule has 0 aliphatic carbocycles. The summed E-state index contributed by atoms with van der Waals surface area (Å²) in [5, 5.41) is 4.25. The third-order valence-corrected chi connectivity index (χ3v) is 4.02. The van der Waals surface area contributed by atoms with Gasteiger partial charge in [0.1, 0.15) is 6.61 Å². The standard InChI is InChI=1S/C20H19F3N4O2/c1-13-11-27(19(24)26-13)25-10-15-6-4-8-17(28-2)18(15)29-12-14-5-3-7-16(9-14)20(21,22)23/h3-11H,12H2,1-2H3,(H2,24,26). The van der Waals surface area contributed by atoms with E-state index in [1.807, 2.05) is 0 Å². The average molecular weight is 404 g/mol. The molecule has 2 aromatic carbocycles. The van der Waals surface area contributed by atoms with Crippen LogP contribution in [0, 0.1) is 6.92 Å². The monoisotopic (exact) mass is 404 g/mol. The van der Waals surface area contributed by atoms with Crippen LogP contribution in [0.4, 0.5) is 19.1 Å². The van der Waals surface area contributed by atoms with Crippen molar-refractivity contribution in [2.75, 3.05) is 12.8 Å². The lowest BCUT2D eigenvalue weighted by atomic mass is 10.1. The SMILES string of the molecule is COc1cccc(C=Nn2cc(C)nc2N)c1OCc1cccc(C(F)(F)F)c1. The molecule has 3 aromatic rings. The number of methoxy groups -OCH3 is 1. The Morgan fingerprint density at radius 1 is 1.21 bits per heavy atom. The molecule has 0 amide bonds. The van der Waals surface area contributed by atoms with E-state index in [2.05, 4.69) is 10.1 Å². The Morgan fingerprint density at radius 3 is 2.62 bits per heavy atom. The molecule has 3 rings (SSSR count). The predicted octanol–water partition coefficient (Wildman–Crippen LogP) is 4.26. The van der Waals surface area contributed by atoms with Crippen LogP contribution in [0.1, 0.15) is 22.4 Å². The van der Waals surface area contributed by atoms with E-state index >= 15 is 0 Å². The molecule has 29 heavy (non-hydrogen) atoms. The minimum Gasteiger partial charge on any atom is -0.493 e. The minimum atomic E-state index is -4.42. The summed E-state index contributed by atoms with van der Waals surface area (Å²) in [5.74, 6) is 1.01. The van der Waals surface area contributed by atoms with E-state index in [4.69, 9.17) is 15.2 Å². The van der Waals surface area contributed by atoms with Gasteiger partial charge in [-0.25, -0.2) is 9.66 Å². The quantitative estimate of drug-likeness (QED) is 0.623. The molecule has 0 spiro atoms. The maximum absolute atomic E-state index is 12.9. The Labute approximate surface area is 165 Å². The van der Waals surface area contributed by atoms with Crippen molar-refractivity contribution < 1.29 is 22.6 Å². The van der Waals surface area contributed by atoms with E-state index in [1.54, 1.807) is 37.4 Å². The van der Waals surface area contributed by atoms with Gasteiger partial charge in [-0.1, -0.05) is 18.2 Å². The molecule has 9 heteroatoms. The number of imidazole rings is 1. The maximum atomic E-state index is 12.9. The molecule has 0 bridgehead atoms. The van der Waals surface area contributed by atoms with Crippen LogP contribution in [0.25, 0.3) is 0 Å². The van der Waals surface area contributed by atoms with Crippen LogP contribution in [-0.2, 0) is 12.8 Å². The first kappa shape index (κ1) is 20.2. The van der Waals surface area contributed by atoms with Gasteiger partial charge in [0.05, 0.1) is 30.8 Å². The molecule has 152 valence electrons. The van der Waals surface area contributed by atoms with Crippen LogP contribution in [0.5, 0.6) is 11.5 Å². The van der Waals surface area contributed by atoms with E-state index in [0.29, 0.717) is 28.3 Å². The fourth-order valence-corrected chi connectivity index (χ4v) is 2.66. The topological polar surface area (TPSA) is 74.7 Å². The van der Waals surface area contributed by atoms with E-state index in [1.165, 1.54) is 24.1 Å². The zero-order chi connectivity index (χ0) is 21.0. The fraction of sp³-hybridized carbons (Fsp3) is 0.200. The summed E-state index contributed by atoms with van der Waals surface area (Å²) < 4.78 is 51.3. The number of ether oxygens (including phenoxy) is 2. The Kier molecular flexibility index (Phi) is 5.76. The van der Waals surface area contributed by atoms with Crippen molar-refractivity contribution in [3.8, 4) is 11.5 Å². The molecular weight excluding hydrogens is 385 g/mol. The molecule has 2 N–H and O–H groups in total. The van der Waals surface area contributed by atoms with E-state index < -0.39 is 11.7 Å². The predicted molar refractivity (Wildman–Crippen MR) is 103 cm³/mol. The van der Waals surface area contributed by atoms with Crippen molar-refractivity contribution in [2.24, 2.45) is 5.10 Å². The molecule has 1 heterocycles. The third kappa shape index (κ3) is 4.87. The van der Waals surface area contributed by atoms with Crippen molar-refractivity contribution in [1.82, 2.24) is 9.66 Å². The molecule has 0 aliphatic heterocycles. The van der Waals surface area contributed by atoms with Gasteiger partial charge in [0.2, 0.25) is 5.95 Å². The number of benzene rings is 2. The number of nitrogens with zero attached hydrogens (tertiary/aromatic N) is 3. The second kappa shape index (κ2) is 8.26. The lowest BCUT2D eigenvalue weighted by Gasteiger charge is -2.14. The number of nitrogen functional groups attached to an aromatic ring is 1. The van der Waals surface area contributed by atoms with Gasteiger partial charge < -0.3 is 15.2 Å². The largest absolute Gasteiger partial charge is 0.493 e. The highest BCUT2D eigenvalue weighted by molar-refractivity contribution is 5.85. The zero-order valence-electron chi connectivity index (χ0n) is 15.8. The first-order valence-corrected chi connectivity index (χ1v) is 8.59. The first-order valence-electron chi connectivity index (χ1n) is 8.59. The Hall–Kier alpha value is -3.49. The lowest BCUT2D eigenvalue weighted by Crippen LogP contribution is -2.07. The normalized spacial score (nSPS) is 11.8. The first-order chi connectivity index (χ1) is 13.8. The maximum Gasteiger partial charge on any atom is 0.416 e. The highest BCUT2D eigenvalue weighted by Gasteiger charge is 2.30. The summed E-state index contributed by atoms with van der Waals surface area (Å²) in [7, 11) is 1.48. The fourth-order valence-electron chi connectivity index (χ4n) is 2.66. The Balaban J connectivity index is 1.86. The van der Waals surface area contributed by atoms with Crippen LogP contribution in [0.15, 0.2) is 53.8 Å². The molecule has 1 aromatic heterocycles. The summed E-state index contributed by atoms with van der Waals surface area (Å²) in [4.78, 5) is 4.06. The molecule has 0 fully saturated rings. The molecule has 0 radical (unpaired) electrons. The smallest absolute Gasteiger partial charge is 0.416 e. The van der Waals surface area contributed by atoms with Crippen molar-refractivity contribution >= 4 is 12.2 Å². The Bertz CT molecular complexity index is 1030. The van der Waals surface area contributed by atoms with Gasteiger partial charge in [-0.05, 0) is 36.8 Å². The van der Waals surface area contributed by atoms with Crippen LogP contribution < -0.4 is 15.2 Å². The van der Waals surface area contributed by atoms with Gasteiger partial charge in [0.15, 0.2) is 11.5 Å². The number of alkyl halides is 3. The van der Waals surface area contributed by atoms with Gasteiger partial charge in [-0.3, -0.25) is 0 Å². The number of hydrogen-bond acceptors (Lipinski definition) is 5. The summed E-state index contributed by atoms with van der Waals surface area (Å²) in [6, 6.07) is 10.2. The third-order valence-electron chi connectivity index (χ3n) is 4.02. The summed E-state index contributed by atoms with van der Waals surface area (Å²) in [6.07, 6.45) is -1.24. The van der Waals surface area contributed by atoms with Gasteiger partial charge in [0.25, 0.3) is 0 Å². The number of rotatable bonds is 6. The molecule has 0 atom stereocenters. The molecule has 0 saturated carbocycles. The molecule has 0 aliphatic rings. The highest BCUT2D eigenvalue weighted by atomic mass is 19.4. The van der Waals surface area contributed by atoms with Crippen LogP contribution >= 0.6 is 0 Å². The van der Waals surface area contributed by atoms with Gasteiger partial charge >= 0.3 is 6.18 Å². The second-order valence-electron chi connectivity index (χ2n) is 6.20. The van der Waals surface area contributed by atoms with Crippen LogP contribution in [0.2, 0.25) is 0 Å². The number of anilines is 1. The molecule has 6 nitrogen and oxygen atoms in total.